The Morgan fingerprint density at radius 2 is 2.33 bits per heavy atom. The Hall–Kier alpha value is -2.48. The number of hydrogen-bond acceptors (Lipinski definition) is 6. The summed E-state index contributed by atoms with van der Waals surface area (Å²) in [4.78, 5) is 24.5. The Labute approximate surface area is 139 Å². The zero-order valence-corrected chi connectivity index (χ0v) is 13.6. The maximum atomic E-state index is 11.9. The lowest BCUT2D eigenvalue weighted by atomic mass is 9.98. The minimum absolute atomic E-state index is 0.0578. The molecule has 0 spiro atoms. The summed E-state index contributed by atoms with van der Waals surface area (Å²) in [6.45, 7) is 4.31. The highest BCUT2D eigenvalue weighted by atomic mass is 16.6. The van der Waals surface area contributed by atoms with E-state index in [-0.39, 0.29) is 17.6 Å². The third-order valence-corrected chi connectivity index (χ3v) is 4.30. The number of non-ortho nitro benzene ring substituents is 1. The van der Waals surface area contributed by atoms with Crippen LogP contribution in [0.4, 0.5) is 5.69 Å². The van der Waals surface area contributed by atoms with Gasteiger partial charge in [-0.25, -0.2) is 0 Å². The smallest absolute Gasteiger partial charge is 0.310 e. The zero-order chi connectivity index (χ0) is 17.1. The van der Waals surface area contributed by atoms with Crippen LogP contribution in [0, 0.1) is 16.0 Å². The molecule has 1 saturated heterocycles. The van der Waals surface area contributed by atoms with E-state index >= 15 is 0 Å². The summed E-state index contributed by atoms with van der Waals surface area (Å²) in [7, 11) is 0. The number of benzene rings is 1. The molecule has 128 valence electrons. The minimum atomic E-state index is -0.411. The molecule has 2 heterocycles. The van der Waals surface area contributed by atoms with Crippen molar-refractivity contribution in [2.24, 2.45) is 5.92 Å². The molecule has 8 nitrogen and oxygen atoms in total. The van der Waals surface area contributed by atoms with Crippen LogP contribution in [0.1, 0.15) is 19.8 Å². The van der Waals surface area contributed by atoms with Gasteiger partial charge in [-0.2, -0.15) is 5.10 Å². The molecule has 0 amide bonds. The SMILES string of the molecule is CCOC(=O)C1CCCN(Cn2ncc3cc([N+](=O)[O-])ccc32)C1. The van der Waals surface area contributed by atoms with Gasteiger partial charge in [0.25, 0.3) is 5.69 Å². The van der Waals surface area contributed by atoms with E-state index in [4.69, 9.17) is 4.74 Å². The lowest BCUT2D eigenvalue weighted by Gasteiger charge is -2.31. The normalized spacial score (nSPS) is 18.6. The van der Waals surface area contributed by atoms with Crippen molar-refractivity contribution in [3.05, 3.63) is 34.5 Å². The number of piperidine rings is 1. The number of likely N-dealkylation sites (tertiary alicyclic amines) is 1. The lowest BCUT2D eigenvalue weighted by molar-refractivity contribution is -0.384. The van der Waals surface area contributed by atoms with E-state index in [0.717, 1.165) is 30.3 Å². The Kier molecular flexibility index (Phi) is 4.75. The molecule has 1 unspecified atom stereocenters. The molecule has 1 fully saturated rings. The van der Waals surface area contributed by atoms with Gasteiger partial charge in [0.1, 0.15) is 0 Å². The third kappa shape index (κ3) is 3.38. The van der Waals surface area contributed by atoms with Crippen molar-refractivity contribution in [3.8, 4) is 0 Å². The van der Waals surface area contributed by atoms with Gasteiger partial charge in [0.2, 0.25) is 0 Å². The number of hydrogen-bond donors (Lipinski definition) is 0. The highest BCUT2D eigenvalue weighted by molar-refractivity contribution is 5.81. The van der Waals surface area contributed by atoms with Crippen LogP contribution in [0.2, 0.25) is 0 Å². The van der Waals surface area contributed by atoms with Gasteiger partial charge in [-0.15, -0.1) is 0 Å². The second-order valence-electron chi connectivity index (χ2n) is 5.95. The molecule has 1 aliphatic rings. The molecule has 8 heteroatoms. The van der Waals surface area contributed by atoms with Crippen LogP contribution in [0.25, 0.3) is 10.9 Å². The first-order chi connectivity index (χ1) is 11.6. The molecule has 3 rings (SSSR count). The van der Waals surface area contributed by atoms with Crippen LogP contribution >= 0.6 is 0 Å². The molecule has 1 aliphatic heterocycles. The molecule has 1 aromatic carbocycles. The number of nitro groups is 1. The van der Waals surface area contributed by atoms with Crippen molar-refractivity contribution < 1.29 is 14.5 Å². The van der Waals surface area contributed by atoms with E-state index < -0.39 is 4.92 Å². The van der Waals surface area contributed by atoms with Crippen LogP contribution in [-0.2, 0) is 16.2 Å². The number of nitrogens with zero attached hydrogens (tertiary/aromatic N) is 4. The van der Waals surface area contributed by atoms with E-state index in [2.05, 4.69) is 10.00 Å². The summed E-state index contributed by atoms with van der Waals surface area (Å²) >= 11 is 0. The molecule has 2 aromatic rings. The Morgan fingerprint density at radius 3 is 3.08 bits per heavy atom. The number of ether oxygens (including phenoxy) is 1. The van der Waals surface area contributed by atoms with Gasteiger partial charge in [0.15, 0.2) is 0 Å². The van der Waals surface area contributed by atoms with Gasteiger partial charge in [-0.05, 0) is 32.4 Å². The summed E-state index contributed by atoms with van der Waals surface area (Å²) in [5, 5.41) is 15.9. The average Bonchev–Trinajstić information content (AvgIpc) is 2.97. The number of esters is 1. The summed E-state index contributed by atoms with van der Waals surface area (Å²) in [6.07, 6.45) is 3.42. The van der Waals surface area contributed by atoms with E-state index in [9.17, 15) is 14.9 Å². The quantitative estimate of drug-likeness (QED) is 0.473. The van der Waals surface area contributed by atoms with Crippen LogP contribution < -0.4 is 0 Å². The molecule has 0 bridgehead atoms. The minimum Gasteiger partial charge on any atom is -0.466 e. The molecule has 1 aromatic heterocycles. The number of fused-ring (bicyclic) bond motifs is 1. The maximum Gasteiger partial charge on any atom is 0.310 e. The predicted octanol–water partition coefficient (Wildman–Crippen LogP) is 2.18. The molecular formula is C16H20N4O4. The molecule has 1 atom stereocenters. The standard InChI is InChI=1S/C16H20N4O4/c1-2-24-16(21)12-4-3-7-18(10-12)11-19-15-6-5-14(20(22)23)8-13(15)9-17-19/h5-6,8-9,12H,2-4,7,10-11H2,1H3. The second kappa shape index (κ2) is 6.96. The first kappa shape index (κ1) is 16.4. The predicted molar refractivity (Wildman–Crippen MR) is 87.3 cm³/mol. The van der Waals surface area contributed by atoms with Gasteiger partial charge >= 0.3 is 5.97 Å². The number of nitro benzene ring substituents is 1. The van der Waals surface area contributed by atoms with Gasteiger partial charge in [0, 0.05) is 24.1 Å². The number of carbonyl (C=O) groups is 1. The first-order valence-electron chi connectivity index (χ1n) is 8.07. The van der Waals surface area contributed by atoms with E-state index in [1.165, 1.54) is 12.1 Å². The Bertz CT molecular complexity index is 758. The molecular weight excluding hydrogens is 312 g/mol. The molecule has 0 N–H and O–H groups in total. The van der Waals surface area contributed by atoms with Crippen molar-refractivity contribution >= 4 is 22.6 Å². The number of carbonyl (C=O) groups excluding carboxylic acids is 1. The summed E-state index contributed by atoms with van der Waals surface area (Å²) in [5.41, 5.74) is 0.904. The van der Waals surface area contributed by atoms with Crippen molar-refractivity contribution in [2.75, 3.05) is 19.7 Å². The van der Waals surface area contributed by atoms with Crippen molar-refractivity contribution in [3.63, 3.8) is 0 Å². The molecule has 0 saturated carbocycles. The van der Waals surface area contributed by atoms with Gasteiger partial charge in [0.05, 0.1) is 35.8 Å². The van der Waals surface area contributed by atoms with Crippen molar-refractivity contribution in [1.82, 2.24) is 14.7 Å². The van der Waals surface area contributed by atoms with Gasteiger partial charge in [-0.3, -0.25) is 24.5 Å². The maximum absolute atomic E-state index is 11.9. The Morgan fingerprint density at radius 1 is 1.50 bits per heavy atom. The number of rotatable bonds is 5. The van der Waals surface area contributed by atoms with Crippen LogP contribution in [0.15, 0.2) is 24.4 Å². The average molecular weight is 332 g/mol. The van der Waals surface area contributed by atoms with Crippen LogP contribution in [-0.4, -0.2) is 45.3 Å². The summed E-state index contributed by atoms with van der Waals surface area (Å²) < 4.78 is 6.93. The van der Waals surface area contributed by atoms with Crippen LogP contribution in [0.3, 0.4) is 0 Å². The fourth-order valence-corrected chi connectivity index (χ4v) is 3.13. The highest BCUT2D eigenvalue weighted by Gasteiger charge is 2.27. The Balaban J connectivity index is 1.72. The second-order valence-corrected chi connectivity index (χ2v) is 5.95. The topological polar surface area (TPSA) is 90.5 Å². The largest absolute Gasteiger partial charge is 0.466 e. The molecule has 0 aliphatic carbocycles. The number of aromatic nitrogens is 2. The molecule has 0 radical (unpaired) electrons. The van der Waals surface area contributed by atoms with Crippen molar-refractivity contribution in [2.45, 2.75) is 26.4 Å². The third-order valence-electron chi connectivity index (χ3n) is 4.30. The van der Waals surface area contributed by atoms with Crippen molar-refractivity contribution in [1.29, 1.82) is 0 Å². The van der Waals surface area contributed by atoms with Gasteiger partial charge < -0.3 is 4.74 Å². The zero-order valence-electron chi connectivity index (χ0n) is 13.6. The van der Waals surface area contributed by atoms with Gasteiger partial charge in [-0.1, -0.05) is 0 Å². The summed E-state index contributed by atoms with van der Waals surface area (Å²) in [5.74, 6) is -0.232. The van der Waals surface area contributed by atoms with E-state index in [0.29, 0.717) is 19.8 Å². The molecule has 24 heavy (non-hydrogen) atoms. The van der Waals surface area contributed by atoms with Crippen LogP contribution in [0.5, 0.6) is 0 Å². The van der Waals surface area contributed by atoms with E-state index in [1.807, 2.05) is 11.6 Å². The fourth-order valence-electron chi connectivity index (χ4n) is 3.13. The monoisotopic (exact) mass is 332 g/mol. The first-order valence-corrected chi connectivity index (χ1v) is 8.07. The summed E-state index contributed by atoms with van der Waals surface area (Å²) in [6, 6.07) is 4.72. The highest BCUT2D eigenvalue weighted by Crippen LogP contribution is 2.22. The lowest BCUT2D eigenvalue weighted by Crippen LogP contribution is -2.40. The van der Waals surface area contributed by atoms with E-state index in [1.54, 1.807) is 12.3 Å². The fraction of sp³-hybridized carbons (Fsp3) is 0.500.